The van der Waals surface area contributed by atoms with Gasteiger partial charge in [-0.2, -0.15) is 13.2 Å². The van der Waals surface area contributed by atoms with E-state index in [1.54, 1.807) is 24.3 Å². The molecule has 1 heterocycles. The Bertz CT molecular complexity index is 885. The molecule has 0 spiro atoms. The summed E-state index contributed by atoms with van der Waals surface area (Å²) >= 11 is 0. The highest BCUT2D eigenvalue weighted by Crippen LogP contribution is 2.20. The van der Waals surface area contributed by atoms with Crippen molar-refractivity contribution >= 4 is 17.6 Å². The van der Waals surface area contributed by atoms with E-state index in [0.29, 0.717) is 24.2 Å². The third kappa shape index (κ3) is 6.68. The Morgan fingerprint density at radius 1 is 1.10 bits per heavy atom. The third-order valence-corrected chi connectivity index (χ3v) is 4.51. The molecule has 3 rings (SSSR count). The lowest BCUT2D eigenvalue weighted by Crippen LogP contribution is -2.28. The Morgan fingerprint density at radius 3 is 2.53 bits per heavy atom. The highest BCUT2D eigenvalue weighted by molar-refractivity contribution is 5.89. The van der Waals surface area contributed by atoms with Crippen LogP contribution in [0.25, 0.3) is 0 Å². The van der Waals surface area contributed by atoms with E-state index in [1.165, 1.54) is 12.1 Å². The van der Waals surface area contributed by atoms with Crippen LogP contribution in [0.1, 0.15) is 24.0 Å². The Kier molecular flexibility index (Phi) is 6.81. The van der Waals surface area contributed by atoms with Crippen molar-refractivity contribution < 1.29 is 27.5 Å². The van der Waals surface area contributed by atoms with Gasteiger partial charge in [0.15, 0.2) is 6.61 Å². The van der Waals surface area contributed by atoms with E-state index in [9.17, 15) is 22.8 Å². The molecule has 0 aromatic heterocycles. The van der Waals surface area contributed by atoms with Gasteiger partial charge in [0, 0.05) is 31.7 Å². The van der Waals surface area contributed by atoms with E-state index in [-0.39, 0.29) is 18.2 Å². The van der Waals surface area contributed by atoms with Gasteiger partial charge in [0.05, 0.1) is 0 Å². The minimum Gasteiger partial charge on any atom is -0.484 e. The second-order valence-electron chi connectivity index (χ2n) is 6.97. The van der Waals surface area contributed by atoms with Crippen molar-refractivity contribution in [1.82, 2.24) is 10.2 Å². The summed E-state index contributed by atoms with van der Waals surface area (Å²) in [7, 11) is 0. The standard InChI is InChI=1S/C21H22F3N3O3/c22-21(23,24)14-30-18-4-1-3-16(11-18)12-25-20(29)26-17-8-6-15(7-9-17)13-27-10-2-5-19(27)28/h1,3-4,6-9,11H,2,5,10,12-14H2,(H2,25,26,29). The first-order valence-corrected chi connectivity index (χ1v) is 9.48. The van der Waals surface area contributed by atoms with Crippen LogP contribution >= 0.6 is 0 Å². The van der Waals surface area contributed by atoms with Crippen LogP contribution in [0.2, 0.25) is 0 Å². The predicted octanol–water partition coefficient (Wildman–Crippen LogP) is 4.07. The molecule has 30 heavy (non-hydrogen) atoms. The van der Waals surface area contributed by atoms with Crippen LogP contribution in [0.15, 0.2) is 48.5 Å². The van der Waals surface area contributed by atoms with Crippen molar-refractivity contribution in [1.29, 1.82) is 0 Å². The molecule has 1 aliphatic rings. The van der Waals surface area contributed by atoms with Crippen LogP contribution in [-0.4, -0.2) is 36.2 Å². The second kappa shape index (κ2) is 9.51. The van der Waals surface area contributed by atoms with Crippen LogP contribution in [0.3, 0.4) is 0 Å². The lowest BCUT2D eigenvalue weighted by molar-refractivity contribution is -0.153. The van der Waals surface area contributed by atoms with Gasteiger partial charge < -0.3 is 20.3 Å². The molecule has 3 amide bonds. The minimum absolute atomic E-state index is 0.0825. The molecule has 6 nitrogen and oxygen atoms in total. The van der Waals surface area contributed by atoms with E-state index in [1.807, 2.05) is 17.0 Å². The zero-order valence-electron chi connectivity index (χ0n) is 16.2. The van der Waals surface area contributed by atoms with Crippen LogP contribution < -0.4 is 15.4 Å². The summed E-state index contributed by atoms with van der Waals surface area (Å²) in [5.41, 5.74) is 2.17. The maximum atomic E-state index is 12.2. The Hall–Kier alpha value is -3.23. The molecule has 0 aliphatic carbocycles. The number of hydrogen-bond donors (Lipinski definition) is 2. The highest BCUT2D eigenvalue weighted by Gasteiger charge is 2.28. The number of anilines is 1. The van der Waals surface area contributed by atoms with E-state index in [4.69, 9.17) is 4.74 Å². The average Bonchev–Trinajstić information content (AvgIpc) is 3.11. The number of nitrogens with one attached hydrogen (secondary N) is 2. The van der Waals surface area contributed by atoms with Crippen LogP contribution in [-0.2, 0) is 17.9 Å². The number of carbonyl (C=O) groups excluding carboxylic acids is 2. The maximum absolute atomic E-state index is 12.2. The first kappa shape index (κ1) is 21.5. The van der Waals surface area contributed by atoms with Crippen molar-refractivity contribution in [3.63, 3.8) is 0 Å². The second-order valence-corrected chi connectivity index (χ2v) is 6.97. The quantitative estimate of drug-likeness (QED) is 0.708. The SMILES string of the molecule is O=C(NCc1cccc(OCC(F)(F)F)c1)Nc1ccc(CN2CCCC2=O)cc1. The summed E-state index contributed by atoms with van der Waals surface area (Å²) in [6.07, 6.45) is -2.93. The smallest absolute Gasteiger partial charge is 0.422 e. The average molecular weight is 421 g/mol. The molecule has 0 saturated carbocycles. The summed E-state index contributed by atoms with van der Waals surface area (Å²) in [5, 5.41) is 5.34. The number of ether oxygens (including phenoxy) is 1. The summed E-state index contributed by atoms with van der Waals surface area (Å²) < 4.78 is 41.4. The number of benzene rings is 2. The van der Waals surface area contributed by atoms with Gasteiger partial charge in [0.2, 0.25) is 5.91 Å². The highest BCUT2D eigenvalue weighted by atomic mass is 19.4. The molecule has 1 fully saturated rings. The number of urea groups is 1. The Morgan fingerprint density at radius 2 is 1.87 bits per heavy atom. The molecule has 0 atom stereocenters. The molecule has 2 aromatic rings. The number of carbonyl (C=O) groups is 2. The molecule has 2 aromatic carbocycles. The number of rotatable bonds is 7. The van der Waals surface area contributed by atoms with Crippen LogP contribution in [0.5, 0.6) is 5.75 Å². The minimum atomic E-state index is -4.41. The maximum Gasteiger partial charge on any atom is 0.422 e. The molecule has 1 saturated heterocycles. The number of hydrogen-bond acceptors (Lipinski definition) is 3. The molecular weight excluding hydrogens is 399 g/mol. The van der Waals surface area contributed by atoms with Gasteiger partial charge in [-0.25, -0.2) is 4.79 Å². The molecule has 0 bridgehead atoms. The Balaban J connectivity index is 1.46. The van der Waals surface area contributed by atoms with Gasteiger partial charge >= 0.3 is 12.2 Å². The normalized spacial score (nSPS) is 14.0. The summed E-state index contributed by atoms with van der Waals surface area (Å²) in [4.78, 5) is 25.6. The van der Waals surface area contributed by atoms with E-state index >= 15 is 0 Å². The first-order chi connectivity index (χ1) is 14.3. The number of likely N-dealkylation sites (tertiary alicyclic amines) is 1. The van der Waals surface area contributed by atoms with Gasteiger partial charge in [-0.05, 0) is 41.8 Å². The fraction of sp³-hybridized carbons (Fsp3) is 0.333. The van der Waals surface area contributed by atoms with Crippen molar-refractivity contribution in [2.24, 2.45) is 0 Å². The van der Waals surface area contributed by atoms with Gasteiger partial charge in [-0.1, -0.05) is 24.3 Å². The lowest BCUT2D eigenvalue weighted by atomic mass is 10.2. The molecule has 2 N–H and O–H groups in total. The predicted molar refractivity (Wildman–Crippen MR) is 105 cm³/mol. The topological polar surface area (TPSA) is 70.7 Å². The Labute approximate surface area is 172 Å². The van der Waals surface area contributed by atoms with E-state index in [0.717, 1.165) is 18.5 Å². The molecule has 1 aliphatic heterocycles. The molecule has 160 valence electrons. The molecular formula is C21H22F3N3O3. The van der Waals surface area contributed by atoms with E-state index in [2.05, 4.69) is 10.6 Å². The van der Waals surface area contributed by atoms with Gasteiger partial charge in [0.25, 0.3) is 0 Å². The number of amides is 3. The number of nitrogens with zero attached hydrogens (tertiary/aromatic N) is 1. The largest absolute Gasteiger partial charge is 0.484 e. The van der Waals surface area contributed by atoms with Crippen molar-refractivity contribution in [3.8, 4) is 5.75 Å². The van der Waals surface area contributed by atoms with Crippen molar-refractivity contribution in [2.75, 3.05) is 18.5 Å². The lowest BCUT2D eigenvalue weighted by Gasteiger charge is -2.15. The first-order valence-electron chi connectivity index (χ1n) is 9.48. The summed E-state index contributed by atoms with van der Waals surface area (Å²) in [5.74, 6) is 0.239. The molecule has 9 heteroatoms. The van der Waals surface area contributed by atoms with Crippen LogP contribution in [0.4, 0.5) is 23.7 Å². The number of alkyl halides is 3. The third-order valence-electron chi connectivity index (χ3n) is 4.51. The fourth-order valence-electron chi connectivity index (χ4n) is 3.05. The van der Waals surface area contributed by atoms with E-state index < -0.39 is 18.8 Å². The zero-order valence-corrected chi connectivity index (χ0v) is 16.2. The van der Waals surface area contributed by atoms with Crippen molar-refractivity contribution in [2.45, 2.75) is 32.1 Å². The summed E-state index contributed by atoms with van der Waals surface area (Å²) in [6.45, 7) is 0.0816. The fourth-order valence-corrected chi connectivity index (χ4v) is 3.05. The van der Waals surface area contributed by atoms with Crippen molar-refractivity contribution in [3.05, 3.63) is 59.7 Å². The van der Waals surface area contributed by atoms with Gasteiger partial charge in [-0.15, -0.1) is 0 Å². The molecule has 0 radical (unpaired) electrons. The molecule has 0 unspecified atom stereocenters. The van der Waals surface area contributed by atoms with Gasteiger partial charge in [-0.3, -0.25) is 4.79 Å². The monoisotopic (exact) mass is 421 g/mol. The zero-order chi connectivity index (χ0) is 21.6. The summed E-state index contributed by atoms with van der Waals surface area (Å²) in [6, 6.07) is 12.9. The van der Waals surface area contributed by atoms with Crippen LogP contribution in [0, 0.1) is 0 Å². The number of halogens is 3. The van der Waals surface area contributed by atoms with Gasteiger partial charge in [0.1, 0.15) is 5.75 Å².